The number of amides is 1. The zero-order valence-electron chi connectivity index (χ0n) is 11.1. The van der Waals surface area contributed by atoms with Crippen molar-refractivity contribution in [2.24, 2.45) is 0 Å². The maximum atomic E-state index is 11.8. The predicted molar refractivity (Wildman–Crippen MR) is 81.9 cm³/mol. The summed E-state index contributed by atoms with van der Waals surface area (Å²) in [6.07, 6.45) is 0.283. The zero-order valence-corrected chi connectivity index (χ0v) is 12.7. The molecule has 1 heterocycles. The van der Waals surface area contributed by atoms with Crippen LogP contribution in [0.1, 0.15) is 12.1 Å². The van der Waals surface area contributed by atoms with Crippen molar-refractivity contribution in [2.75, 3.05) is 11.9 Å². The van der Waals surface area contributed by atoms with Crippen LogP contribution in [-0.4, -0.2) is 17.5 Å². The van der Waals surface area contributed by atoms with Gasteiger partial charge in [-0.2, -0.15) is 0 Å². The Morgan fingerprint density at radius 3 is 2.70 bits per heavy atom. The Bertz CT molecular complexity index is 588. The molecule has 1 aromatic carbocycles. The molecule has 1 aromatic heterocycles. The molecule has 0 unspecified atom stereocenters. The monoisotopic (exact) mass is 334 g/mol. The van der Waals surface area contributed by atoms with E-state index in [0.717, 1.165) is 15.9 Å². The molecular weight excluding hydrogens is 320 g/mol. The molecule has 1 amide bonds. The van der Waals surface area contributed by atoms with E-state index in [1.54, 1.807) is 6.07 Å². The van der Waals surface area contributed by atoms with Crippen LogP contribution in [0.15, 0.2) is 46.9 Å². The van der Waals surface area contributed by atoms with Gasteiger partial charge >= 0.3 is 0 Å². The van der Waals surface area contributed by atoms with E-state index in [0.29, 0.717) is 12.4 Å². The highest BCUT2D eigenvalue weighted by Gasteiger charge is 2.05. The number of hydrogen-bond donors (Lipinski definition) is 1. The highest BCUT2D eigenvalue weighted by molar-refractivity contribution is 9.10. The van der Waals surface area contributed by atoms with E-state index in [2.05, 4.69) is 26.2 Å². The van der Waals surface area contributed by atoms with Crippen molar-refractivity contribution in [1.82, 2.24) is 4.98 Å². The van der Waals surface area contributed by atoms with Crippen LogP contribution in [0.4, 0.5) is 5.82 Å². The number of halogens is 1. The van der Waals surface area contributed by atoms with Crippen LogP contribution in [0.3, 0.4) is 0 Å². The summed E-state index contributed by atoms with van der Waals surface area (Å²) in [4.78, 5) is 16.0. The van der Waals surface area contributed by atoms with Crippen LogP contribution < -0.4 is 10.1 Å². The molecule has 0 aliphatic carbocycles. The van der Waals surface area contributed by atoms with Crippen molar-refractivity contribution in [3.63, 3.8) is 0 Å². The van der Waals surface area contributed by atoms with Crippen molar-refractivity contribution in [1.29, 1.82) is 0 Å². The number of nitrogens with zero attached hydrogens (tertiary/aromatic N) is 1. The fourth-order valence-electron chi connectivity index (χ4n) is 1.60. The summed E-state index contributed by atoms with van der Waals surface area (Å²) < 4.78 is 6.39. The van der Waals surface area contributed by atoms with Crippen molar-refractivity contribution in [2.45, 2.75) is 13.3 Å². The molecule has 20 heavy (non-hydrogen) atoms. The van der Waals surface area contributed by atoms with E-state index >= 15 is 0 Å². The maximum Gasteiger partial charge on any atom is 0.228 e. The molecule has 0 aliphatic heterocycles. The number of pyridine rings is 1. The second-order valence-corrected chi connectivity index (χ2v) is 5.08. The summed E-state index contributed by atoms with van der Waals surface area (Å²) in [5, 5.41) is 2.75. The van der Waals surface area contributed by atoms with Gasteiger partial charge in [-0.05, 0) is 47.1 Å². The average Bonchev–Trinajstić information content (AvgIpc) is 2.44. The van der Waals surface area contributed by atoms with Crippen molar-refractivity contribution in [3.8, 4) is 5.75 Å². The van der Waals surface area contributed by atoms with Crippen LogP contribution in [0.5, 0.6) is 5.75 Å². The number of aromatic nitrogens is 1. The molecule has 0 bridgehead atoms. The first-order valence-electron chi connectivity index (χ1n) is 6.26. The van der Waals surface area contributed by atoms with Gasteiger partial charge in [0.2, 0.25) is 5.91 Å². The quantitative estimate of drug-likeness (QED) is 0.909. The van der Waals surface area contributed by atoms with Gasteiger partial charge in [-0.1, -0.05) is 18.2 Å². The number of aryl methyl sites for hydroxylation is 1. The third kappa shape index (κ3) is 4.35. The number of carbonyl (C=O) groups is 1. The molecule has 1 N–H and O–H groups in total. The Morgan fingerprint density at radius 2 is 2.00 bits per heavy atom. The minimum Gasteiger partial charge on any atom is -0.493 e. The molecule has 0 radical (unpaired) electrons. The molecule has 0 aliphatic rings. The van der Waals surface area contributed by atoms with Gasteiger partial charge in [0.15, 0.2) is 0 Å². The van der Waals surface area contributed by atoms with Crippen LogP contribution in [0.25, 0.3) is 0 Å². The molecule has 0 saturated heterocycles. The lowest BCUT2D eigenvalue weighted by molar-refractivity contribution is -0.116. The highest BCUT2D eigenvalue weighted by Crippen LogP contribution is 2.16. The summed E-state index contributed by atoms with van der Waals surface area (Å²) >= 11 is 3.37. The highest BCUT2D eigenvalue weighted by atomic mass is 79.9. The topological polar surface area (TPSA) is 51.2 Å². The molecule has 2 aromatic rings. The molecule has 104 valence electrons. The zero-order chi connectivity index (χ0) is 14.4. The standard InChI is InChI=1S/C15H15BrN2O2/c1-11-13(16)7-8-14(17-11)18-15(19)9-10-20-12-5-3-2-4-6-12/h2-8H,9-10H2,1H3,(H,17,18,19). The first-order chi connectivity index (χ1) is 9.65. The lowest BCUT2D eigenvalue weighted by atomic mass is 10.3. The number of nitrogens with one attached hydrogen (secondary N) is 1. The number of para-hydroxylation sites is 1. The van der Waals surface area contributed by atoms with Gasteiger partial charge < -0.3 is 10.1 Å². The van der Waals surface area contributed by atoms with Gasteiger partial charge in [-0.3, -0.25) is 4.79 Å². The van der Waals surface area contributed by atoms with Crippen molar-refractivity contribution >= 4 is 27.7 Å². The van der Waals surface area contributed by atoms with Crippen molar-refractivity contribution < 1.29 is 9.53 Å². The Hall–Kier alpha value is -1.88. The molecule has 0 fully saturated rings. The van der Waals surface area contributed by atoms with Gasteiger partial charge in [0.1, 0.15) is 11.6 Å². The van der Waals surface area contributed by atoms with E-state index < -0.39 is 0 Å². The molecule has 4 nitrogen and oxygen atoms in total. The van der Waals surface area contributed by atoms with E-state index in [1.165, 1.54) is 0 Å². The Labute approximate surface area is 126 Å². The molecule has 0 saturated carbocycles. The first-order valence-corrected chi connectivity index (χ1v) is 7.05. The third-order valence-corrected chi connectivity index (χ3v) is 3.47. The number of hydrogen-bond acceptors (Lipinski definition) is 3. The van der Waals surface area contributed by atoms with Crippen LogP contribution in [-0.2, 0) is 4.79 Å². The molecule has 2 rings (SSSR count). The smallest absolute Gasteiger partial charge is 0.228 e. The van der Waals surface area contributed by atoms with Crippen molar-refractivity contribution in [3.05, 3.63) is 52.6 Å². The number of anilines is 1. The summed E-state index contributed by atoms with van der Waals surface area (Å²) in [6.45, 7) is 2.21. The lowest BCUT2D eigenvalue weighted by Gasteiger charge is -2.07. The van der Waals surface area contributed by atoms with E-state index in [4.69, 9.17) is 4.74 Å². The normalized spacial score (nSPS) is 10.1. The maximum absolute atomic E-state index is 11.8. The second-order valence-electron chi connectivity index (χ2n) is 4.22. The number of carbonyl (C=O) groups excluding carboxylic acids is 1. The summed E-state index contributed by atoms with van der Waals surface area (Å²) in [5.41, 5.74) is 0.836. The molecule has 0 atom stereocenters. The van der Waals surface area contributed by atoms with Crippen LogP contribution >= 0.6 is 15.9 Å². The second kappa shape index (κ2) is 7.05. The van der Waals surface area contributed by atoms with Gasteiger partial charge in [-0.25, -0.2) is 4.98 Å². The first kappa shape index (κ1) is 14.5. The fraction of sp³-hybridized carbons (Fsp3) is 0.200. The molecule has 5 heteroatoms. The Morgan fingerprint density at radius 1 is 1.25 bits per heavy atom. The largest absolute Gasteiger partial charge is 0.493 e. The van der Waals surface area contributed by atoms with Crippen LogP contribution in [0.2, 0.25) is 0 Å². The molecular formula is C15H15BrN2O2. The third-order valence-electron chi connectivity index (χ3n) is 2.63. The minimum atomic E-state index is -0.116. The fourth-order valence-corrected chi connectivity index (χ4v) is 1.82. The minimum absolute atomic E-state index is 0.116. The summed E-state index contributed by atoms with van der Waals surface area (Å²) in [5.74, 6) is 1.20. The molecule has 0 spiro atoms. The van der Waals surface area contributed by atoms with Crippen LogP contribution in [0, 0.1) is 6.92 Å². The summed E-state index contributed by atoms with van der Waals surface area (Å²) in [7, 11) is 0. The van der Waals surface area contributed by atoms with E-state index in [1.807, 2.05) is 43.3 Å². The average molecular weight is 335 g/mol. The van der Waals surface area contributed by atoms with Gasteiger partial charge in [0.25, 0.3) is 0 Å². The number of benzene rings is 1. The van der Waals surface area contributed by atoms with E-state index in [-0.39, 0.29) is 12.3 Å². The summed E-state index contributed by atoms with van der Waals surface area (Å²) in [6, 6.07) is 13.0. The van der Waals surface area contributed by atoms with Gasteiger partial charge in [0.05, 0.1) is 18.7 Å². The SMILES string of the molecule is Cc1nc(NC(=O)CCOc2ccccc2)ccc1Br. The Kier molecular flexibility index (Phi) is 5.12. The lowest BCUT2D eigenvalue weighted by Crippen LogP contribution is -2.16. The van der Waals surface area contributed by atoms with Gasteiger partial charge in [0, 0.05) is 4.47 Å². The van der Waals surface area contributed by atoms with Gasteiger partial charge in [-0.15, -0.1) is 0 Å². The number of rotatable bonds is 5. The number of ether oxygens (including phenoxy) is 1. The Balaban J connectivity index is 1.79. The van der Waals surface area contributed by atoms with E-state index in [9.17, 15) is 4.79 Å². The predicted octanol–water partition coefficient (Wildman–Crippen LogP) is 3.56.